The molecule has 1 aromatic heterocycles. The molecule has 0 amide bonds. The van der Waals surface area contributed by atoms with Crippen LogP contribution in [0.5, 0.6) is 0 Å². The molecule has 5 heteroatoms. The summed E-state index contributed by atoms with van der Waals surface area (Å²) in [4.78, 5) is 1.05. The molecule has 0 atom stereocenters. The number of thiophene rings is 1. The molecule has 0 unspecified atom stereocenters. The number of benzene rings is 1. The molecule has 2 aromatic rings. The molecule has 2 N–H and O–H groups in total. The lowest BCUT2D eigenvalue weighted by molar-refractivity contribution is 0.596. The summed E-state index contributed by atoms with van der Waals surface area (Å²) in [6.45, 7) is 1.85. The van der Waals surface area contributed by atoms with Crippen molar-refractivity contribution >= 4 is 26.9 Å². The minimum atomic E-state index is -3.35. The van der Waals surface area contributed by atoms with Crippen molar-refractivity contribution in [1.29, 1.82) is 0 Å². The molecular formula is C12H13NO2S2. The summed E-state index contributed by atoms with van der Waals surface area (Å²) in [5.74, 6) is 0.0122. The van der Waals surface area contributed by atoms with Crippen molar-refractivity contribution in [3.63, 3.8) is 0 Å². The van der Waals surface area contributed by atoms with E-state index in [2.05, 4.69) is 0 Å². The van der Waals surface area contributed by atoms with Crippen LogP contribution in [-0.4, -0.2) is 8.42 Å². The largest absolute Gasteiger partial charge is 0.398 e. The molecule has 3 nitrogen and oxygen atoms in total. The molecule has 17 heavy (non-hydrogen) atoms. The van der Waals surface area contributed by atoms with Crippen LogP contribution in [0.4, 0.5) is 5.69 Å². The van der Waals surface area contributed by atoms with E-state index in [1.165, 1.54) is 11.3 Å². The van der Waals surface area contributed by atoms with Crippen LogP contribution in [0.3, 0.4) is 0 Å². The third-order valence-electron chi connectivity index (χ3n) is 2.42. The van der Waals surface area contributed by atoms with Crippen molar-refractivity contribution in [3.05, 3.63) is 46.2 Å². The molecule has 0 spiro atoms. The molecule has 1 heterocycles. The lowest BCUT2D eigenvalue weighted by atomic mass is 10.2. The summed E-state index contributed by atoms with van der Waals surface area (Å²) in [7, 11) is -3.35. The predicted molar refractivity (Wildman–Crippen MR) is 70.8 cm³/mol. The third-order valence-corrected chi connectivity index (χ3v) is 5.19. The monoisotopic (exact) mass is 267 g/mol. The first-order valence-electron chi connectivity index (χ1n) is 5.10. The van der Waals surface area contributed by atoms with Crippen LogP contribution in [0.15, 0.2) is 40.6 Å². The highest BCUT2D eigenvalue weighted by atomic mass is 32.2. The molecule has 90 valence electrons. The van der Waals surface area contributed by atoms with Gasteiger partial charge in [0.2, 0.25) is 0 Å². The van der Waals surface area contributed by atoms with Gasteiger partial charge >= 0.3 is 0 Å². The second kappa shape index (κ2) is 4.50. The van der Waals surface area contributed by atoms with Gasteiger partial charge in [0, 0.05) is 4.88 Å². The molecule has 0 aliphatic heterocycles. The molecule has 0 aliphatic carbocycles. The highest BCUT2D eigenvalue weighted by molar-refractivity contribution is 7.91. The van der Waals surface area contributed by atoms with Crippen LogP contribution < -0.4 is 5.73 Å². The predicted octanol–water partition coefficient (Wildman–Crippen LogP) is 2.61. The Morgan fingerprint density at radius 2 is 2.06 bits per heavy atom. The Bertz CT molecular complexity index is 616. The average molecular weight is 267 g/mol. The van der Waals surface area contributed by atoms with Gasteiger partial charge in [-0.15, -0.1) is 11.3 Å². The maximum atomic E-state index is 12.2. The van der Waals surface area contributed by atoms with Crippen LogP contribution in [0.25, 0.3) is 0 Å². The van der Waals surface area contributed by atoms with Crippen LogP contribution in [0, 0.1) is 6.92 Å². The fraction of sp³-hybridized carbons (Fsp3) is 0.167. The molecular weight excluding hydrogens is 254 g/mol. The number of aryl methyl sites for hydroxylation is 1. The first-order chi connectivity index (χ1) is 7.99. The van der Waals surface area contributed by atoms with Gasteiger partial charge in [0.05, 0.1) is 16.3 Å². The molecule has 0 aliphatic rings. The van der Waals surface area contributed by atoms with Gasteiger partial charge in [-0.3, -0.25) is 0 Å². The molecule has 0 bridgehead atoms. The van der Waals surface area contributed by atoms with E-state index in [0.717, 1.165) is 10.4 Å². The van der Waals surface area contributed by atoms with E-state index in [9.17, 15) is 8.42 Å². The summed E-state index contributed by atoms with van der Waals surface area (Å²) < 4.78 is 24.4. The van der Waals surface area contributed by atoms with E-state index in [1.807, 2.05) is 24.4 Å². The van der Waals surface area contributed by atoms with Gasteiger partial charge in [-0.1, -0.05) is 12.1 Å². The van der Waals surface area contributed by atoms with Crippen molar-refractivity contribution in [1.82, 2.24) is 0 Å². The van der Waals surface area contributed by atoms with Gasteiger partial charge in [-0.25, -0.2) is 8.42 Å². The van der Waals surface area contributed by atoms with Crippen molar-refractivity contribution in [2.24, 2.45) is 0 Å². The van der Waals surface area contributed by atoms with Gasteiger partial charge in [0.25, 0.3) is 0 Å². The second-order valence-electron chi connectivity index (χ2n) is 3.88. The van der Waals surface area contributed by atoms with Gasteiger partial charge in [0.15, 0.2) is 9.84 Å². The second-order valence-corrected chi connectivity index (χ2v) is 6.87. The van der Waals surface area contributed by atoms with Crippen molar-refractivity contribution < 1.29 is 8.42 Å². The summed E-state index contributed by atoms with van der Waals surface area (Å²) in [6.07, 6.45) is 0. The van der Waals surface area contributed by atoms with E-state index in [4.69, 9.17) is 5.73 Å². The molecule has 0 saturated carbocycles. The fourth-order valence-electron chi connectivity index (χ4n) is 1.57. The number of nitrogen functional groups attached to an aromatic ring is 1. The zero-order valence-corrected chi connectivity index (χ0v) is 11.0. The topological polar surface area (TPSA) is 60.2 Å². The maximum absolute atomic E-state index is 12.2. The van der Waals surface area contributed by atoms with E-state index >= 15 is 0 Å². The Morgan fingerprint density at radius 1 is 1.29 bits per heavy atom. The highest BCUT2D eigenvalue weighted by Gasteiger charge is 2.18. The third kappa shape index (κ3) is 2.68. The van der Waals surface area contributed by atoms with Gasteiger partial charge in [0.1, 0.15) is 0 Å². The first-order valence-corrected chi connectivity index (χ1v) is 7.63. The Balaban J connectivity index is 2.41. The number of anilines is 1. The van der Waals surface area contributed by atoms with Gasteiger partial charge in [-0.2, -0.15) is 0 Å². The van der Waals surface area contributed by atoms with Crippen molar-refractivity contribution in [3.8, 4) is 0 Å². The lowest BCUT2D eigenvalue weighted by Gasteiger charge is -2.07. The van der Waals surface area contributed by atoms with Crippen LogP contribution in [0.1, 0.15) is 10.4 Å². The quantitative estimate of drug-likeness (QED) is 0.870. The molecule has 2 rings (SSSR count). The van der Waals surface area contributed by atoms with Gasteiger partial charge in [-0.05, 0) is 36.1 Å². The van der Waals surface area contributed by atoms with E-state index in [0.29, 0.717) is 5.69 Å². The first kappa shape index (κ1) is 12.1. The summed E-state index contributed by atoms with van der Waals surface area (Å²) in [5, 5.41) is 1.87. The zero-order valence-electron chi connectivity index (χ0n) is 9.38. The molecule has 0 radical (unpaired) electrons. The number of sulfone groups is 1. The SMILES string of the molecule is Cc1ccc(N)c(S(=O)(=O)Cc2cccs2)c1. The highest BCUT2D eigenvalue weighted by Crippen LogP contribution is 2.25. The summed E-state index contributed by atoms with van der Waals surface area (Å²) >= 11 is 1.43. The van der Waals surface area contributed by atoms with Crippen molar-refractivity contribution in [2.45, 2.75) is 17.6 Å². The normalized spacial score (nSPS) is 11.6. The molecule has 1 aromatic carbocycles. The number of hydrogen-bond donors (Lipinski definition) is 1. The minimum Gasteiger partial charge on any atom is -0.398 e. The summed E-state index contributed by atoms with van der Waals surface area (Å²) in [6, 6.07) is 8.72. The Kier molecular flexibility index (Phi) is 3.22. The van der Waals surface area contributed by atoms with E-state index < -0.39 is 9.84 Å². The smallest absolute Gasteiger partial charge is 0.185 e. The maximum Gasteiger partial charge on any atom is 0.185 e. The zero-order chi connectivity index (χ0) is 12.5. The van der Waals surface area contributed by atoms with Gasteiger partial charge < -0.3 is 5.73 Å². The van der Waals surface area contributed by atoms with E-state index in [-0.39, 0.29) is 10.6 Å². The molecule has 0 fully saturated rings. The van der Waals surface area contributed by atoms with Crippen LogP contribution in [-0.2, 0) is 15.6 Å². The summed E-state index contributed by atoms with van der Waals surface area (Å²) in [5.41, 5.74) is 6.93. The number of hydrogen-bond acceptors (Lipinski definition) is 4. The number of nitrogens with two attached hydrogens (primary N) is 1. The molecule has 0 saturated heterocycles. The Labute approximate surface area is 105 Å². The van der Waals surface area contributed by atoms with Crippen molar-refractivity contribution in [2.75, 3.05) is 5.73 Å². The Morgan fingerprint density at radius 3 is 2.71 bits per heavy atom. The van der Waals surface area contributed by atoms with E-state index in [1.54, 1.807) is 18.2 Å². The van der Waals surface area contributed by atoms with Crippen LogP contribution in [0.2, 0.25) is 0 Å². The average Bonchev–Trinajstić information content (AvgIpc) is 2.73. The standard InChI is InChI=1S/C12H13NO2S2/c1-9-4-5-11(13)12(7-9)17(14,15)8-10-3-2-6-16-10/h2-7H,8,13H2,1H3. The fourth-order valence-corrected chi connectivity index (χ4v) is 4.22. The number of rotatable bonds is 3. The van der Waals surface area contributed by atoms with Crippen LogP contribution >= 0.6 is 11.3 Å². The Hall–Kier alpha value is -1.33. The minimum absolute atomic E-state index is 0.0122. The lowest BCUT2D eigenvalue weighted by Crippen LogP contribution is -2.07.